The van der Waals surface area contributed by atoms with Gasteiger partial charge in [0.15, 0.2) is 0 Å². The number of benzene rings is 1. The molecule has 3 aromatic heterocycles. The molecule has 0 atom stereocenters. The van der Waals surface area contributed by atoms with Gasteiger partial charge in [-0.25, -0.2) is 0 Å². The molecule has 0 unspecified atom stereocenters. The standard InChI is InChI=1S/C21H20N4O2/c26-21(25-14-18-4-3-9-27-18)16-10-17(13-22-11-16)23-8-7-15-12-24-20-6-2-1-5-19(15)20/h1-6,9-13,23-24H,7-8,14H2,(H,25,26). The number of aromatic nitrogens is 2. The van der Waals surface area contributed by atoms with Crippen molar-refractivity contribution in [3.8, 4) is 0 Å². The van der Waals surface area contributed by atoms with Gasteiger partial charge in [-0.2, -0.15) is 0 Å². The quantitative estimate of drug-likeness (QED) is 0.469. The van der Waals surface area contributed by atoms with Crippen LogP contribution < -0.4 is 10.6 Å². The number of rotatable bonds is 7. The van der Waals surface area contributed by atoms with Crippen LogP contribution in [0.1, 0.15) is 21.7 Å². The van der Waals surface area contributed by atoms with Crippen LogP contribution >= 0.6 is 0 Å². The van der Waals surface area contributed by atoms with E-state index in [4.69, 9.17) is 4.42 Å². The molecule has 0 aliphatic heterocycles. The fourth-order valence-electron chi connectivity index (χ4n) is 3.02. The number of H-pyrrole nitrogens is 1. The van der Waals surface area contributed by atoms with Gasteiger partial charge in [0.25, 0.3) is 5.91 Å². The maximum absolute atomic E-state index is 12.3. The van der Waals surface area contributed by atoms with E-state index < -0.39 is 0 Å². The molecule has 3 N–H and O–H groups in total. The number of carbonyl (C=O) groups excluding carboxylic acids is 1. The summed E-state index contributed by atoms with van der Waals surface area (Å²) in [6.07, 6.45) is 7.78. The zero-order chi connectivity index (χ0) is 18.5. The Hall–Kier alpha value is -3.54. The minimum Gasteiger partial charge on any atom is -0.467 e. The Morgan fingerprint density at radius 2 is 2.07 bits per heavy atom. The molecule has 3 heterocycles. The van der Waals surface area contributed by atoms with Gasteiger partial charge in [0, 0.05) is 36.0 Å². The van der Waals surface area contributed by atoms with Crippen LogP contribution in [0.25, 0.3) is 10.9 Å². The highest BCUT2D eigenvalue weighted by molar-refractivity contribution is 5.94. The molecule has 0 saturated heterocycles. The Bertz CT molecular complexity index is 1040. The third kappa shape index (κ3) is 4.00. The normalized spacial score (nSPS) is 10.8. The number of hydrogen-bond acceptors (Lipinski definition) is 4. The van der Waals surface area contributed by atoms with Gasteiger partial charge in [-0.3, -0.25) is 9.78 Å². The molecule has 0 saturated carbocycles. The Labute approximate surface area is 156 Å². The Morgan fingerprint density at radius 1 is 1.15 bits per heavy atom. The molecule has 0 spiro atoms. The summed E-state index contributed by atoms with van der Waals surface area (Å²) in [6, 6.07) is 13.7. The topological polar surface area (TPSA) is 82.9 Å². The molecule has 27 heavy (non-hydrogen) atoms. The highest BCUT2D eigenvalue weighted by Gasteiger charge is 2.08. The molecule has 136 valence electrons. The molecule has 4 aromatic rings. The number of furan rings is 1. The van der Waals surface area contributed by atoms with Crippen LogP contribution in [0.15, 0.2) is 71.7 Å². The molecule has 1 amide bonds. The van der Waals surface area contributed by atoms with Gasteiger partial charge in [-0.1, -0.05) is 18.2 Å². The number of carbonyl (C=O) groups is 1. The lowest BCUT2D eigenvalue weighted by Gasteiger charge is -2.08. The summed E-state index contributed by atoms with van der Waals surface area (Å²) in [4.78, 5) is 19.7. The minimum absolute atomic E-state index is 0.181. The van der Waals surface area contributed by atoms with E-state index in [-0.39, 0.29) is 5.91 Å². The smallest absolute Gasteiger partial charge is 0.253 e. The van der Waals surface area contributed by atoms with E-state index in [0.29, 0.717) is 17.9 Å². The number of fused-ring (bicyclic) bond motifs is 1. The lowest BCUT2D eigenvalue weighted by atomic mass is 10.1. The van der Waals surface area contributed by atoms with Gasteiger partial charge in [0.1, 0.15) is 5.76 Å². The minimum atomic E-state index is -0.181. The van der Waals surface area contributed by atoms with Crippen molar-refractivity contribution in [2.75, 3.05) is 11.9 Å². The summed E-state index contributed by atoms with van der Waals surface area (Å²) in [7, 11) is 0. The lowest BCUT2D eigenvalue weighted by Crippen LogP contribution is -2.22. The molecular formula is C21H20N4O2. The van der Waals surface area contributed by atoms with Crippen LogP contribution in [0, 0.1) is 0 Å². The number of para-hydroxylation sites is 1. The van der Waals surface area contributed by atoms with E-state index in [1.807, 2.05) is 24.4 Å². The lowest BCUT2D eigenvalue weighted by molar-refractivity contribution is 0.0947. The molecule has 6 heteroatoms. The first kappa shape index (κ1) is 16.9. The molecule has 0 fully saturated rings. The van der Waals surface area contributed by atoms with Crippen LogP contribution in [0.2, 0.25) is 0 Å². The number of nitrogens with zero attached hydrogens (tertiary/aromatic N) is 1. The van der Waals surface area contributed by atoms with Crippen molar-refractivity contribution >= 4 is 22.5 Å². The average molecular weight is 360 g/mol. The van der Waals surface area contributed by atoms with Crippen molar-refractivity contribution in [1.82, 2.24) is 15.3 Å². The van der Waals surface area contributed by atoms with Gasteiger partial charge in [0.05, 0.1) is 24.1 Å². The number of anilines is 1. The second-order valence-corrected chi connectivity index (χ2v) is 6.26. The summed E-state index contributed by atoms with van der Waals surface area (Å²) >= 11 is 0. The summed E-state index contributed by atoms with van der Waals surface area (Å²) in [5, 5.41) is 7.40. The average Bonchev–Trinajstić information content (AvgIpc) is 3.37. The van der Waals surface area contributed by atoms with Crippen molar-refractivity contribution < 1.29 is 9.21 Å². The number of amides is 1. The SMILES string of the molecule is O=C(NCc1ccco1)c1cncc(NCCc2c[nH]c3ccccc23)c1. The molecule has 1 aromatic carbocycles. The van der Waals surface area contributed by atoms with Crippen LogP contribution in [0.4, 0.5) is 5.69 Å². The second kappa shape index (κ2) is 7.78. The number of hydrogen-bond donors (Lipinski definition) is 3. The molecule has 0 radical (unpaired) electrons. The highest BCUT2D eigenvalue weighted by Crippen LogP contribution is 2.18. The predicted octanol–water partition coefficient (Wildman–Crippen LogP) is 3.74. The largest absolute Gasteiger partial charge is 0.467 e. The van der Waals surface area contributed by atoms with E-state index in [1.54, 1.807) is 30.8 Å². The van der Waals surface area contributed by atoms with Crippen LogP contribution in [-0.2, 0) is 13.0 Å². The van der Waals surface area contributed by atoms with Crippen molar-refractivity contribution in [2.24, 2.45) is 0 Å². The molecule has 0 aliphatic carbocycles. The first-order valence-corrected chi connectivity index (χ1v) is 8.84. The Balaban J connectivity index is 1.34. The maximum atomic E-state index is 12.3. The van der Waals surface area contributed by atoms with E-state index in [9.17, 15) is 4.79 Å². The van der Waals surface area contributed by atoms with Crippen molar-refractivity contribution in [3.05, 3.63) is 84.2 Å². The van der Waals surface area contributed by atoms with Gasteiger partial charge in [-0.05, 0) is 36.2 Å². The zero-order valence-electron chi connectivity index (χ0n) is 14.7. The van der Waals surface area contributed by atoms with Gasteiger partial charge >= 0.3 is 0 Å². The van der Waals surface area contributed by atoms with E-state index in [0.717, 1.165) is 24.2 Å². The van der Waals surface area contributed by atoms with Crippen molar-refractivity contribution in [3.63, 3.8) is 0 Å². The van der Waals surface area contributed by atoms with Crippen molar-refractivity contribution in [1.29, 1.82) is 0 Å². The van der Waals surface area contributed by atoms with E-state index >= 15 is 0 Å². The second-order valence-electron chi connectivity index (χ2n) is 6.26. The summed E-state index contributed by atoms with van der Waals surface area (Å²) in [6.45, 7) is 1.10. The predicted molar refractivity (Wildman–Crippen MR) is 105 cm³/mol. The maximum Gasteiger partial charge on any atom is 0.253 e. The monoisotopic (exact) mass is 360 g/mol. The Kier molecular flexibility index (Phi) is 4.87. The zero-order valence-corrected chi connectivity index (χ0v) is 14.7. The van der Waals surface area contributed by atoms with Crippen molar-refractivity contribution in [2.45, 2.75) is 13.0 Å². The highest BCUT2D eigenvalue weighted by atomic mass is 16.3. The van der Waals surface area contributed by atoms with Gasteiger partial charge < -0.3 is 20.0 Å². The summed E-state index contributed by atoms with van der Waals surface area (Å²) in [5.41, 5.74) is 3.74. The first-order valence-electron chi connectivity index (χ1n) is 8.84. The molecule has 6 nitrogen and oxygen atoms in total. The van der Waals surface area contributed by atoms with E-state index in [2.05, 4.69) is 32.7 Å². The summed E-state index contributed by atoms with van der Waals surface area (Å²) in [5.74, 6) is 0.531. The fourth-order valence-corrected chi connectivity index (χ4v) is 3.02. The van der Waals surface area contributed by atoms with Crippen LogP contribution in [-0.4, -0.2) is 22.4 Å². The molecule has 0 bridgehead atoms. The molecular weight excluding hydrogens is 340 g/mol. The van der Waals surface area contributed by atoms with Gasteiger partial charge in [0.2, 0.25) is 0 Å². The third-order valence-electron chi connectivity index (χ3n) is 4.40. The van der Waals surface area contributed by atoms with E-state index in [1.165, 1.54) is 10.9 Å². The Morgan fingerprint density at radius 3 is 2.96 bits per heavy atom. The first-order chi connectivity index (χ1) is 13.3. The van der Waals surface area contributed by atoms with Crippen LogP contribution in [0.5, 0.6) is 0 Å². The van der Waals surface area contributed by atoms with Crippen LogP contribution in [0.3, 0.4) is 0 Å². The third-order valence-corrected chi connectivity index (χ3v) is 4.40. The fraction of sp³-hybridized carbons (Fsp3) is 0.143. The number of nitrogens with one attached hydrogen (secondary N) is 3. The molecule has 4 rings (SSSR count). The van der Waals surface area contributed by atoms with Gasteiger partial charge in [-0.15, -0.1) is 0 Å². The number of aromatic amines is 1. The molecule has 0 aliphatic rings. The summed E-state index contributed by atoms with van der Waals surface area (Å²) < 4.78 is 5.22. The number of pyridine rings is 1.